The number of para-hydroxylation sites is 2. The van der Waals surface area contributed by atoms with E-state index in [4.69, 9.17) is 4.74 Å². The van der Waals surface area contributed by atoms with E-state index >= 15 is 0 Å². The van der Waals surface area contributed by atoms with Crippen LogP contribution in [0.5, 0.6) is 5.75 Å². The predicted molar refractivity (Wildman–Crippen MR) is 105 cm³/mol. The highest BCUT2D eigenvalue weighted by molar-refractivity contribution is 5.93. The maximum atomic E-state index is 11.9. The number of esters is 1. The van der Waals surface area contributed by atoms with E-state index in [0.29, 0.717) is 12.2 Å². The number of hydrogen-bond acceptors (Lipinski definition) is 2. The molecule has 3 heteroatoms. The van der Waals surface area contributed by atoms with Gasteiger partial charge in [-0.25, -0.2) is 0 Å². The van der Waals surface area contributed by atoms with Crippen LogP contribution in [0.1, 0.15) is 52.0 Å². The van der Waals surface area contributed by atoms with E-state index < -0.39 is 0 Å². The third-order valence-electron chi connectivity index (χ3n) is 5.42. The molecule has 0 N–H and O–H groups in total. The van der Waals surface area contributed by atoms with Crippen LogP contribution in [0.3, 0.4) is 0 Å². The van der Waals surface area contributed by atoms with Crippen LogP contribution in [0.2, 0.25) is 0 Å². The molecule has 1 aliphatic heterocycles. The Kier molecular flexibility index (Phi) is 5.55. The summed E-state index contributed by atoms with van der Waals surface area (Å²) in [6.07, 6.45) is 3.43. The van der Waals surface area contributed by atoms with Crippen molar-refractivity contribution >= 4 is 17.4 Å². The summed E-state index contributed by atoms with van der Waals surface area (Å²) in [6, 6.07) is 18.0. The molecule has 0 aliphatic carbocycles. The van der Waals surface area contributed by atoms with Gasteiger partial charge >= 0.3 is 5.97 Å². The van der Waals surface area contributed by atoms with E-state index in [1.54, 1.807) is 0 Å². The minimum atomic E-state index is -0.147. The maximum Gasteiger partial charge on any atom is 0.311 e. The van der Waals surface area contributed by atoms with Crippen LogP contribution in [0.4, 0.5) is 5.69 Å². The molecule has 136 valence electrons. The number of carbonyl (C=O) groups excluding carboxylic acids is 1. The first kappa shape index (κ1) is 18.4. The zero-order valence-corrected chi connectivity index (χ0v) is 16.0. The van der Waals surface area contributed by atoms with E-state index in [1.165, 1.54) is 17.0 Å². The van der Waals surface area contributed by atoms with Gasteiger partial charge in [-0.2, -0.15) is 4.58 Å². The number of fused-ring (bicyclic) bond motifs is 1. The SMILES string of the molecule is CC1=[N+](CCCCCC(=O)Oc2ccccc2)c2ccccc2C1(C)C. The van der Waals surface area contributed by atoms with Crippen molar-refractivity contribution in [3.63, 3.8) is 0 Å². The first-order valence-electron chi connectivity index (χ1n) is 9.47. The average molecular weight is 350 g/mol. The highest BCUT2D eigenvalue weighted by atomic mass is 16.5. The van der Waals surface area contributed by atoms with E-state index in [-0.39, 0.29) is 11.4 Å². The maximum absolute atomic E-state index is 11.9. The van der Waals surface area contributed by atoms with Gasteiger partial charge in [0.05, 0.1) is 5.41 Å². The topological polar surface area (TPSA) is 29.3 Å². The lowest BCUT2D eigenvalue weighted by Crippen LogP contribution is -2.26. The fourth-order valence-corrected chi connectivity index (χ4v) is 3.63. The lowest BCUT2D eigenvalue weighted by Gasteiger charge is -2.14. The highest BCUT2D eigenvalue weighted by Gasteiger charge is 2.42. The Balaban J connectivity index is 1.47. The van der Waals surface area contributed by atoms with Crippen molar-refractivity contribution in [2.75, 3.05) is 6.54 Å². The standard InChI is InChI=1S/C23H28NO2/c1-18-23(2,3)20-14-9-10-15-21(20)24(18)17-11-5-8-16-22(25)26-19-12-6-4-7-13-19/h4,6-7,9-10,12-15H,5,8,11,16-17H2,1-3H3/q+1. The molecular weight excluding hydrogens is 322 g/mol. The van der Waals surface area contributed by atoms with Gasteiger partial charge in [0.2, 0.25) is 5.69 Å². The zero-order valence-electron chi connectivity index (χ0n) is 16.0. The Morgan fingerprint density at radius 2 is 1.65 bits per heavy atom. The fraction of sp³-hybridized carbons (Fsp3) is 0.391. The van der Waals surface area contributed by atoms with Crippen LogP contribution < -0.4 is 4.74 Å². The van der Waals surface area contributed by atoms with Crippen molar-refractivity contribution in [2.24, 2.45) is 0 Å². The molecule has 0 fully saturated rings. The Labute approximate surface area is 156 Å². The lowest BCUT2D eigenvalue weighted by molar-refractivity contribution is -0.439. The van der Waals surface area contributed by atoms with E-state index in [0.717, 1.165) is 25.8 Å². The van der Waals surface area contributed by atoms with Gasteiger partial charge in [-0.05, 0) is 38.8 Å². The first-order chi connectivity index (χ1) is 12.5. The lowest BCUT2D eigenvalue weighted by atomic mass is 9.82. The van der Waals surface area contributed by atoms with Gasteiger partial charge in [-0.1, -0.05) is 36.4 Å². The summed E-state index contributed by atoms with van der Waals surface area (Å²) in [5.74, 6) is 0.477. The molecule has 26 heavy (non-hydrogen) atoms. The molecule has 3 nitrogen and oxygen atoms in total. The second-order valence-corrected chi connectivity index (χ2v) is 7.48. The van der Waals surface area contributed by atoms with Gasteiger partial charge in [-0.3, -0.25) is 4.79 Å². The molecule has 0 unspecified atom stereocenters. The molecule has 2 aromatic carbocycles. The second-order valence-electron chi connectivity index (χ2n) is 7.48. The summed E-state index contributed by atoms with van der Waals surface area (Å²) in [5, 5.41) is 0. The van der Waals surface area contributed by atoms with Gasteiger partial charge in [-0.15, -0.1) is 0 Å². The second kappa shape index (κ2) is 7.86. The molecule has 3 rings (SSSR count). The van der Waals surface area contributed by atoms with Crippen molar-refractivity contribution in [3.8, 4) is 5.75 Å². The largest absolute Gasteiger partial charge is 0.427 e. The van der Waals surface area contributed by atoms with Gasteiger partial charge in [0.1, 0.15) is 12.3 Å². The molecule has 1 aliphatic rings. The number of nitrogens with zero attached hydrogens (tertiary/aromatic N) is 1. The van der Waals surface area contributed by atoms with Crippen LogP contribution in [0.15, 0.2) is 54.6 Å². The average Bonchev–Trinajstić information content (AvgIpc) is 2.83. The number of carbonyl (C=O) groups is 1. The molecule has 0 spiro atoms. The van der Waals surface area contributed by atoms with Gasteiger partial charge in [0.25, 0.3) is 0 Å². The van der Waals surface area contributed by atoms with Crippen LogP contribution in [-0.2, 0) is 10.2 Å². The summed E-state index contributed by atoms with van der Waals surface area (Å²) in [4.78, 5) is 11.9. The number of rotatable bonds is 7. The summed E-state index contributed by atoms with van der Waals surface area (Å²) in [5.41, 5.74) is 4.24. The zero-order chi connectivity index (χ0) is 18.6. The minimum absolute atomic E-state index is 0.0933. The molecule has 0 bridgehead atoms. The monoisotopic (exact) mass is 350 g/mol. The predicted octanol–water partition coefficient (Wildman–Crippen LogP) is 5.25. The van der Waals surface area contributed by atoms with Crippen molar-refractivity contribution in [1.29, 1.82) is 0 Å². The molecule has 0 saturated carbocycles. The molecule has 0 atom stereocenters. The van der Waals surface area contributed by atoms with Crippen LogP contribution in [-0.4, -0.2) is 22.8 Å². The molecular formula is C23H28NO2+. The van der Waals surface area contributed by atoms with Crippen molar-refractivity contribution in [3.05, 3.63) is 60.2 Å². The van der Waals surface area contributed by atoms with Gasteiger partial charge < -0.3 is 4.74 Å². The molecule has 0 amide bonds. The van der Waals surface area contributed by atoms with Crippen LogP contribution in [0.25, 0.3) is 0 Å². The third kappa shape index (κ3) is 3.87. The third-order valence-corrected chi connectivity index (χ3v) is 5.42. The summed E-state index contributed by atoms with van der Waals surface area (Å²) in [6.45, 7) is 7.82. The van der Waals surface area contributed by atoms with Gasteiger partial charge in [0, 0.05) is 31.4 Å². The highest BCUT2D eigenvalue weighted by Crippen LogP contribution is 2.39. The van der Waals surface area contributed by atoms with Crippen LogP contribution >= 0.6 is 0 Å². The van der Waals surface area contributed by atoms with E-state index in [1.807, 2.05) is 30.3 Å². The Hall–Kier alpha value is -2.42. The summed E-state index contributed by atoms with van der Waals surface area (Å²) >= 11 is 0. The molecule has 0 aromatic heterocycles. The number of benzene rings is 2. The normalized spacial score (nSPS) is 15.0. The number of unbranched alkanes of at least 4 members (excludes halogenated alkanes) is 2. The van der Waals surface area contributed by atoms with Crippen molar-refractivity contribution in [1.82, 2.24) is 0 Å². The molecule has 1 heterocycles. The Morgan fingerprint density at radius 3 is 2.42 bits per heavy atom. The minimum Gasteiger partial charge on any atom is -0.427 e. The fourth-order valence-electron chi connectivity index (χ4n) is 3.63. The Morgan fingerprint density at radius 1 is 0.962 bits per heavy atom. The smallest absolute Gasteiger partial charge is 0.311 e. The molecule has 0 radical (unpaired) electrons. The van der Waals surface area contributed by atoms with E-state index in [9.17, 15) is 4.79 Å². The Bertz CT molecular complexity index is 806. The van der Waals surface area contributed by atoms with Crippen LogP contribution in [0, 0.1) is 0 Å². The number of hydrogen-bond donors (Lipinski definition) is 0. The van der Waals surface area contributed by atoms with E-state index in [2.05, 4.69) is 49.6 Å². The quantitative estimate of drug-likeness (QED) is 0.295. The number of ether oxygens (including phenoxy) is 1. The molecule has 2 aromatic rings. The van der Waals surface area contributed by atoms with Crippen molar-refractivity contribution < 1.29 is 14.1 Å². The summed E-state index contributed by atoms with van der Waals surface area (Å²) in [7, 11) is 0. The first-order valence-corrected chi connectivity index (χ1v) is 9.47. The molecule has 0 saturated heterocycles. The summed E-state index contributed by atoms with van der Waals surface area (Å²) < 4.78 is 7.77. The van der Waals surface area contributed by atoms with Crippen molar-refractivity contribution in [2.45, 2.75) is 51.9 Å². The van der Waals surface area contributed by atoms with Gasteiger partial charge in [0.15, 0.2) is 5.71 Å².